The fourth-order valence-corrected chi connectivity index (χ4v) is 3.52. The van der Waals surface area contributed by atoms with Gasteiger partial charge in [-0.15, -0.1) is 0 Å². The number of nitrogens with zero attached hydrogens (tertiary/aromatic N) is 2. The Balaban J connectivity index is 1.48. The average molecular weight is 363 g/mol. The molecule has 7 heteroatoms. The summed E-state index contributed by atoms with van der Waals surface area (Å²) in [5, 5.41) is 2.86. The summed E-state index contributed by atoms with van der Waals surface area (Å²) in [5.74, 6) is 1.10. The van der Waals surface area contributed by atoms with Gasteiger partial charge in [0.25, 0.3) is 0 Å². The molecule has 0 saturated carbocycles. The van der Waals surface area contributed by atoms with Crippen LogP contribution in [0.5, 0.6) is 0 Å². The normalized spacial score (nSPS) is 25.6. The number of nitrogens with one attached hydrogen (secondary N) is 1. The minimum Gasteiger partial charge on any atom is -0.467 e. The summed E-state index contributed by atoms with van der Waals surface area (Å²) in [6, 6.07) is 3.96. The molecule has 2 aliphatic rings. The molecule has 0 spiro atoms. The molecule has 26 heavy (non-hydrogen) atoms. The molecule has 0 unspecified atom stereocenters. The third-order valence-electron chi connectivity index (χ3n) is 5.48. The SMILES string of the molecule is CC(C)N(C)CC(=O)N1CC[C@@H]2C[C@@H](C(=O)NCc3ccco3)O[C@H]2C1. The summed E-state index contributed by atoms with van der Waals surface area (Å²) >= 11 is 0. The van der Waals surface area contributed by atoms with Crippen LogP contribution in [0.15, 0.2) is 22.8 Å². The Hall–Kier alpha value is -1.86. The van der Waals surface area contributed by atoms with E-state index in [1.165, 1.54) is 0 Å². The van der Waals surface area contributed by atoms with E-state index in [0.717, 1.165) is 25.1 Å². The van der Waals surface area contributed by atoms with Crippen molar-refractivity contribution < 1.29 is 18.7 Å². The van der Waals surface area contributed by atoms with Crippen LogP contribution in [0, 0.1) is 5.92 Å². The summed E-state index contributed by atoms with van der Waals surface area (Å²) in [5.41, 5.74) is 0. The van der Waals surface area contributed by atoms with Crippen LogP contribution in [0.1, 0.15) is 32.4 Å². The largest absolute Gasteiger partial charge is 0.467 e. The first-order valence-corrected chi connectivity index (χ1v) is 9.37. The lowest BCUT2D eigenvalue weighted by Crippen LogP contribution is -2.49. The lowest BCUT2D eigenvalue weighted by molar-refractivity contribution is -0.139. The minimum atomic E-state index is -0.437. The Morgan fingerprint density at radius 1 is 1.42 bits per heavy atom. The van der Waals surface area contributed by atoms with Gasteiger partial charge in [-0.3, -0.25) is 14.5 Å². The zero-order valence-corrected chi connectivity index (χ0v) is 15.8. The number of amides is 2. The number of likely N-dealkylation sites (N-methyl/N-ethyl adjacent to an activating group) is 1. The average Bonchev–Trinajstić information content (AvgIpc) is 3.28. The summed E-state index contributed by atoms with van der Waals surface area (Å²) < 4.78 is 11.2. The zero-order valence-electron chi connectivity index (χ0n) is 15.8. The Morgan fingerprint density at radius 3 is 2.92 bits per heavy atom. The third kappa shape index (κ3) is 4.45. The number of likely N-dealkylation sites (tertiary alicyclic amines) is 1. The van der Waals surface area contributed by atoms with E-state index in [1.54, 1.807) is 12.3 Å². The van der Waals surface area contributed by atoms with Gasteiger partial charge in [0, 0.05) is 19.1 Å². The molecule has 2 saturated heterocycles. The van der Waals surface area contributed by atoms with Crippen molar-refractivity contribution in [2.45, 2.75) is 51.5 Å². The first-order valence-electron chi connectivity index (χ1n) is 9.37. The van der Waals surface area contributed by atoms with E-state index >= 15 is 0 Å². The highest BCUT2D eigenvalue weighted by atomic mass is 16.5. The monoisotopic (exact) mass is 363 g/mol. The van der Waals surface area contributed by atoms with Crippen LogP contribution in [0.25, 0.3) is 0 Å². The maximum Gasteiger partial charge on any atom is 0.249 e. The van der Waals surface area contributed by atoms with Crippen LogP contribution in [0.4, 0.5) is 0 Å². The molecule has 1 aromatic rings. The Bertz CT molecular complexity index is 616. The van der Waals surface area contributed by atoms with Gasteiger partial charge in [-0.25, -0.2) is 0 Å². The maximum absolute atomic E-state index is 12.5. The van der Waals surface area contributed by atoms with E-state index in [4.69, 9.17) is 9.15 Å². The fraction of sp³-hybridized carbons (Fsp3) is 0.684. The maximum atomic E-state index is 12.5. The van der Waals surface area contributed by atoms with Crippen molar-refractivity contribution >= 4 is 11.8 Å². The van der Waals surface area contributed by atoms with E-state index < -0.39 is 6.10 Å². The molecular weight excluding hydrogens is 334 g/mol. The minimum absolute atomic E-state index is 0.0450. The molecule has 7 nitrogen and oxygen atoms in total. The van der Waals surface area contributed by atoms with Crippen molar-refractivity contribution in [2.24, 2.45) is 5.92 Å². The summed E-state index contributed by atoms with van der Waals surface area (Å²) in [6.07, 6.45) is 2.72. The number of piperidine rings is 1. The summed E-state index contributed by atoms with van der Waals surface area (Å²) in [4.78, 5) is 28.8. The van der Waals surface area contributed by atoms with Gasteiger partial charge in [0.1, 0.15) is 11.9 Å². The smallest absolute Gasteiger partial charge is 0.249 e. The molecule has 0 bridgehead atoms. The standard InChI is InChI=1S/C19H29N3O4/c1-13(2)21(3)12-18(23)22-7-6-14-9-16(26-17(14)11-22)19(24)20-10-15-5-4-8-25-15/h4-5,8,13-14,16-17H,6-7,9-12H2,1-3H3,(H,20,24)/t14-,16+,17+/m1/s1. The van der Waals surface area contributed by atoms with Crippen molar-refractivity contribution in [3.05, 3.63) is 24.2 Å². The van der Waals surface area contributed by atoms with E-state index in [0.29, 0.717) is 31.6 Å². The van der Waals surface area contributed by atoms with Crippen LogP contribution >= 0.6 is 0 Å². The quantitative estimate of drug-likeness (QED) is 0.823. The van der Waals surface area contributed by atoms with Crippen LogP contribution in [0.3, 0.4) is 0 Å². The van der Waals surface area contributed by atoms with Gasteiger partial charge < -0.3 is 19.4 Å². The zero-order chi connectivity index (χ0) is 18.7. The van der Waals surface area contributed by atoms with Crippen molar-refractivity contribution in [2.75, 3.05) is 26.7 Å². The van der Waals surface area contributed by atoms with E-state index in [9.17, 15) is 9.59 Å². The first kappa shape index (κ1) is 18.9. The highest BCUT2D eigenvalue weighted by molar-refractivity contribution is 5.81. The van der Waals surface area contributed by atoms with Gasteiger partial charge in [0.15, 0.2) is 0 Å². The predicted octanol–water partition coefficient (Wildman–Crippen LogP) is 1.24. The Kier molecular flexibility index (Phi) is 5.98. The number of rotatable bonds is 6. The second-order valence-corrected chi connectivity index (χ2v) is 7.59. The number of carbonyl (C=O) groups is 2. The van der Waals surface area contributed by atoms with Crippen molar-refractivity contribution in [1.29, 1.82) is 0 Å². The van der Waals surface area contributed by atoms with Crippen LogP contribution in [0.2, 0.25) is 0 Å². The summed E-state index contributed by atoms with van der Waals surface area (Å²) in [7, 11) is 1.96. The molecule has 2 amide bonds. The number of hydrogen-bond donors (Lipinski definition) is 1. The second kappa shape index (κ2) is 8.22. The highest BCUT2D eigenvalue weighted by Gasteiger charge is 2.42. The number of fused-ring (bicyclic) bond motifs is 1. The molecule has 2 fully saturated rings. The van der Waals surface area contributed by atoms with Gasteiger partial charge in [0.05, 0.1) is 25.5 Å². The van der Waals surface area contributed by atoms with Crippen LogP contribution < -0.4 is 5.32 Å². The van der Waals surface area contributed by atoms with Crippen molar-refractivity contribution in [3.8, 4) is 0 Å². The number of ether oxygens (including phenoxy) is 1. The Labute approximate surface area is 154 Å². The molecule has 0 aromatic carbocycles. The summed E-state index contributed by atoms with van der Waals surface area (Å²) in [6.45, 7) is 6.26. The predicted molar refractivity (Wildman–Crippen MR) is 96.3 cm³/mol. The Morgan fingerprint density at radius 2 is 2.23 bits per heavy atom. The molecule has 144 valence electrons. The molecule has 3 heterocycles. The molecule has 3 rings (SSSR count). The molecule has 1 N–H and O–H groups in total. The van der Waals surface area contributed by atoms with Gasteiger partial charge in [-0.05, 0) is 51.8 Å². The fourth-order valence-electron chi connectivity index (χ4n) is 3.52. The van der Waals surface area contributed by atoms with Crippen molar-refractivity contribution in [1.82, 2.24) is 15.1 Å². The van der Waals surface area contributed by atoms with E-state index in [1.807, 2.05) is 22.9 Å². The highest BCUT2D eigenvalue weighted by Crippen LogP contribution is 2.33. The van der Waals surface area contributed by atoms with Crippen LogP contribution in [-0.4, -0.2) is 66.5 Å². The lowest BCUT2D eigenvalue weighted by Gasteiger charge is -2.35. The first-order chi connectivity index (χ1) is 12.4. The number of hydrogen-bond acceptors (Lipinski definition) is 5. The van der Waals surface area contributed by atoms with E-state index in [-0.39, 0.29) is 17.9 Å². The second-order valence-electron chi connectivity index (χ2n) is 7.59. The molecule has 1 aromatic heterocycles. The van der Waals surface area contributed by atoms with Crippen molar-refractivity contribution in [3.63, 3.8) is 0 Å². The van der Waals surface area contributed by atoms with Crippen LogP contribution in [-0.2, 0) is 20.9 Å². The van der Waals surface area contributed by atoms with Gasteiger partial charge in [-0.2, -0.15) is 0 Å². The van der Waals surface area contributed by atoms with Gasteiger partial charge >= 0.3 is 0 Å². The van der Waals surface area contributed by atoms with Gasteiger partial charge in [-0.1, -0.05) is 0 Å². The third-order valence-corrected chi connectivity index (χ3v) is 5.48. The molecule has 0 aliphatic carbocycles. The number of carbonyl (C=O) groups excluding carboxylic acids is 2. The molecule has 3 atom stereocenters. The molecular formula is C19H29N3O4. The lowest BCUT2D eigenvalue weighted by atomic mass is 9.91. The van der Waals surface area contributed by atoms with Gasteiger partial charge in [0.2, 0.25) is 11.8 Å². The number of furan rings is 1. The topological polar surface area (TPSA) is 75.0 Å². The molecule has 2 aliphatic heterocycles. The van der Waals surface area contributed by atoms with E-state index in [2.05, 4.69) is 19.2 Å². The molecule has 0 radical (unpaired) electrons.